The lowest BCUT2D eigenvalue weighted by molar-refractivity contribution is -0.140. The lowest BCUT2D eigenvalue weighted by Crippen LogP contribution is -2.57. The molecule has 0 aliphatic rings. The van der Waals surface area contributed by atoms with Crippen LogP contribution in [0.25, 0.3) is 0 Å². The van der Waals surface area contributed by atoms with Gasteiger partial charge in [0.1, 0.15) is 6.04 Å². The zero-order chi connectivity index (χ0) is 9.78. The molecule has 0 fully saturated rings. The molecule has 5 heteroatoms. The second-order valence-corrected chi connectivity index (χ2v) is 3.00. The Balaban J connectivity index is 4.11. The lowest BCUT2D eigenvalue weighted by atomic mass is 10.1. The van der Waals surface area contributed by atoms with E-state index in [1.807, 2.05) is 12.4 Å². The summed E-state index contributed by atoms with van der Waals surface area (Å²) < 4.78 is 0. The van der Waals surface area contributed by atoms with Gasteiger partial charge in [-0.3, -0.25) is 10.1 Å². The van der Waals surface area contributed by atoms with Crippen molar-refractivity contribution in [3.63, 3.8) is 0 Å². The minimum absolute atomic E-state index is 0.584. The molecule has 0 aliphatic heterocycles. The van der Waals surface area contributed by atoms with Crippen LogP contribution < -0.4 is 10.8 Å². The second kappa shape index (κ2) is 4.39. The maximum Gasteiger partial charge on any atom is 0.320 e. The third kappa shape index (κ3) is 3.17. The summed E-state index contributed by atoms with van der Waals surface area (Å²) in [7, 11) is 0. The molecule has 2 unspecified atom stereocenters. The van der Waals surface area contributed by atoms with E-state index in [2.05, 4.69) is 5.32 Å². The molecule has 0 spiro atoms. The predicted molar refractivity (Wildman–Crippen MR) is 43.9 cm³/mol. The number of carboxylic acid groups (broad SMARTS) is 1. The van der Waals surface area contributed by atoms with Gasteiger partial charge in [0.15, 0.2) is 0 Å². The molecule has 4 N–H and O–H groups in total. The Labute approximate surface area is 71.7 Å². The van der Waals surface area contributed by atoms with Gasteiger partial charge in [0.05, 0.1) is 5.66 Å². The first-order valence-electron chi connectivity index (χ1n) is 3.87. The number of carboxylic acids is 1. The molecule has 0 heterocycles. The van der Waals surface area contributed by atoms with Gasteiger partial charge < -0.3 is 10.3 Å². The summed E-state index contributed by atoms with van der Waals surface area (Å²) in [5.41, 5.74) is 1.30. The topological polar surface area (TPSA) is 81.6 Å². The van der Waals surface area contributed by atoms with Crippen molar-refractivity contribution in [3.8, 4) is 0 Å². The van der Waals surface area contributed by atoms with E-state index in [9.17, 15) is 4.79 Å². The van der Waals surface area contributed by atoms with Gasteiger partial charge in [0.25, 0.3) is 0 Å². The summed E-state index contributed by atoms with van der Waals surface area (Å²) in [6, 6.07) is -0.686. The van der Waals surface area contributed by atoms with Crippen molar-refractivity contribution in [2.75, 3.05) is 0 Å². The zero-order valence-electron chi connectivity index (χ0n) is 7.59. The Morgan fingerprint density at radius 1 is 1.67 bits per heavy atom. The highest BCUT2D eigenvalue weighted by Crippen LogP contribution is 2.04. The summed E-state index contributed by atoms with van der Waals surface area (Å²) >= 11 is 0. The standard InChI is InChI=1S/C7H16N2O3/c1-4-7(3,9-12)8-5(2)6(10)11/h5,8-9,12H,4H2,1-3H3,(H,10,11). The number of rotatable bonds is 5. The molecule has 0 aromatic carbocycles. The van der Waals surface area contributed by atoms with E-state index in [4.69, 9.17) is 10.3 Å². The maximum absolute atomic E-state index is 10.4. The molecule has 0 aliphatic carbocycles. The van der Waals surface area contributed by atoms with Gasteiger partial charge in [-0.2, -0.15) is 5.48 Å². The van der Waals surface area contributed by atoms with E-state index < -0.39 is 17.7 Å². The van der Waals surface area contributed by atoms with Crippen molar-refractivity contribution in [1.82, 2.24) is 10.8 Å². The molecule has 5 nitrogen and oxygen atoms in total. The van der Waals surface area contributed by atoms with Crippen LogP contribution in [0.1, 0.15) is 27.2 Å². The summed E-state index contributed by atoms with van der Waals surface area (Å²) in [6.45, 7) is 5.05. The fourth-order valence-corrected chi connectivity index (χ4v) is 0.753. The van der Waals surface area contributed by atoms with Crippen LogP contribution in [0.4, 0.5) is 0 Å². The van der Waals surface area contributed by atoms with Gasteiger partial charge in [-0.1, -0.05) is 6.92 Å². The normalized spacial score (nSPS) is 18.3. The molecule has 0 aromatic rings. The van der Waals surface area contributed by atoms with Crippen molar-refractivity contribution in [1.29, 1.82) is 0 Å². The molecule has 0 saturated carbocycles. The molecule has 2 atom stereocenters. The molecule has 12 heavy (non-hydrogen) atoms. The molecule has 0 radical (unpaired) electrons. The zero-order valence-corrected chi connectivity index (χ0v) is 7.59. The number of aliphatic carboxylic acids is 1. The van der Waals surface area contributed by atoms with Crippen molar-refractivity contribution in [2.45, 2.75) is 38.9 Å². The van der Waals surface area contributed by atoms with Crippen LogP contribution in [-0.2, 0) is 4.79 Å². The van der Waals surface area contributed by atoms with E-state index in [0.29, 0.717) is 6.42 Å². The third-order valence-corrected chi connectivity index (χ3v) is 1.86. The second-order valence-electron chi connectivity index (χ2n) is 3.00. The average Bonchev–Trinajstić information content (AvgIpc) is 2.04. The summed E-state index contributed by atoms with van der Waals surface area (Å²) in [6.07, 6.45) is 0.584. The Morgan fingerprint density at radius 3 is 2.42 bits per heavy atom. The van der Waals surface area contributed by atoms with Crippen LogP contribution in [0.3, 0.4) is 0 Å². The smallest absolute Gasteiger partial charge is 0.320 e. The highest BCUT2D eigenvalue weighted by atomic mass is 16.5. The third-order valence-electron chi connectivity index (χ3n) is 1.86. The largest absolute Gasteiger partial charge is 0.480 e. The lowest BCUT2D eigenvalue weighted by Gasteiger charge is -2.29. The summed E-state index contributed by atoms with van der Waals surface area (Å²) in [5, 5.41) is 20.0. The van der Waals surface area contributed by atoms with Crippen LogP contribution in [0.2, 0.25) is 0 Å². The number of nitrogens with one attached hydrogen (secondary N) is 2. The van der Waals surface area contributed by atoms with Crippen LogP contribution in [-0.4, -0.2) is 28.0 Å². The van der Waals surface area contributed by atoms with Crippen LogP contribution in [0, 0.1) is 0 Å². The van der Waals surface area contributed by atoms with Crippen molar-refractivity contribution in [2.24, 2.45) is 0 Å². The van der Waals surface area contributed by atoms with Gasteiger partial charge in [0, 0.05) is 0 Å². The van der Waals surface area contributed by atoms with Crippen molar-refractivity contribution < 1.29 is 15.1 Å². The number of hydrogen-bond donors (Lipinski definition) is 4. The molecular weight excluding hydrogens is 160 g/mol. The van der Waals surface area contributed by atoms with E-state index in [1.165, 1.54) is 6.92 Å². The SMILES string of the molecule is CCC(C)(NO)NC(C)C(=O)O. The molecule has 0 rings (SSSR count). The monoisotopic (exact) mass is 176 g/mol. The van der Waals surface area contributed by atoms with Gasteiger partial charge in [-0.25, -0.2) is 0 Å². The molecule has 0 aromatic heterocycles. The Morgan fingerprint density at radius 2 is 2.17 bits per heavy atom. The fraction of sp³-hybridized carbons (Fsp3) is 0.857. The molecule has 0 saturated heterocycles. The molecule has 0 bridgehead atoms. The first-order valence-corrected chi connectivity index (χ1v) is 3.87. The quantitative estimate of drug-likeness (QED) is 0.354. The Bertz CT molecular complexity index is 157. The van der Waals surface area contributed by atoms with Gasteiger partial charge in [0.2, 0.25) is 0 Å². The first-order chi connectivity index (χ1) is 5.45. The van der Waals surface area contributed by atoms with Crippen LogP contribution in [0.5, 0.6) is 0 Å². The number of carbonyl (C=O) groups is 1. The first kappa shape index (κ1) is 11.4. The van der Waals surface area contributed by atoms with Crippen molar-refractivity contribution >= 4 is 5.97 Å². The van der Waals surface area contributed by atoms with Crippen molar-refractivity contribution in [3.05, 3.63) is 0 Å². The molecule has 0 amide bonds. The van der Waals surface area contributed by atoms with E-state index in [0.717, 1.165) is 0 Å². The van der Waals surface area contributed by atoms with E-state index >= 15 is 0 Å². The van der Waals surface area contributed by atoms with Gasteiger partial charge >= 0.3 is 5.97 Å². The van der Waals surface area contributed by atoms with E-state index in [-0.39, 0.29) is 0 Å². The minimum Gasteiger partial charge on any atom is -0.480 e. The Hall–Kier alpha value is -0.650. The van der Waals surface area contributed by atoms with E-state index in [1.54, 1.807) is 6.92 Å². The number of hydrogen-bond acceptors (Lipinski definition) is 4. The number of hydroxylamine groups is 1. The van der Waals surface area contributed by atoms with Crippen LogP contribution in [0.15, 0.2) is 0 Å². The van der Waals surface area contributed by atoms with Gasteiger partial charge in [-0.15, -0.1) is 0 Å². The summed E-state index contributed by atoms with van der Waals surface area (Å²) in [5.74, 6) is -0.940. The predicted octanol–water partition coefficient (Wildman–Crippen LogP) is 0.154. The van der Waals surface area contributed by atoms with Gasteiger partial charge in [-0.05, 0) is 20.3 Å². The summed E-state index contributed by atoms with van der Waals surface area (Å²) in [4.78, 5) is 10.4. The average molecular weight is 176 g/mol. The Kier molecular flexibility index (Phi) is 4.16. The highest BCUT2D eigenvalue weighted by molar-refractivity contribution is 5.72. The van der Waals surface area contributed by atoms with Crippen LogP contribution >= 0.6 is 0 Å². The maximum atomic E-state index is 10.4. The molecular formula is C7H16N2O3. The minimum atomic E-state index is -0.940. The molecule has 72 valence electrons. The highest BCUT2D eigenvalue weighted by Gasteiger charge is 2.25. The fourth-order valence-electron chi connectivity index (χ4n) is 0.753.